The number of amides is 1. The maximum absolute atomic E-state index is 11.6. The van der Waals surface area contributed by atoms with Gasteiger partial charge >= 0.3 is 0 Å². The summed E-state index contributed by atoms with van der Waals surface area (Å²) in [5.74, 6) is 0.128. The third-order valence-corrected chi connectivity index (χ3v) is 4.27. The number of rotatable bonds is 5. The molecule has 0 saturated carbocycles. The molecule has 102 valence electrons. The summed E-state index contributed by atoms with van der Waals surface area (Å²) in [7, 11) is 0. The maximum atomic E-state index is 11.6. The second-order valence-electron chi connectivity index (χ2n) is 4.33. The molecule has 1 aromatic heterocycles. The van der Waals surface area contributed by atoms with Gasteiger partial charge in [0.2, 0.25) is 5.91 Å². The van der Waals surface area contributed by atoms with Gasteiger partial charge in [0.1, 0.15) is 0 Å². The molecular formula is C12H18Cl2N2OS. The van der Waals surface area contributed by atoms with Crippen LogP contribution in [0.2, 0.25) is 5.02 Å². The Morgan fingerprint density at radius 1 is 1.61 bits per heavy atom. The van der Waals surface area contributed by atoms with E-state index in [4.69, 9.17) is 11.6 Å². The topological polar surface area (TPSA) is 41.1 Å². The monoisotopic (exact) mass is 308 g/mol. The largest absolute Gasteiger partial charge is 0.355 e. The second kappa shape index (κ2) is 8.00. The average Bonchev–Trinajstić information content (AvgIpc) is 2.95. The first kappa shape index (κ1) is 15.8. The van der Waals surface area contributed by atoms with Crippen LogP contribution in [0.25, 0.3) is 0 Å². The fraction of sp³-hybridized carbons (Fsp3) is 0.583. The van der Waals surface area contributed by atoms with Gasteiger partial charge < -0.3 is 10.6 Å². The molecule has 0 spiro atoms. The first-order valence-electron chi connectivity index (χ1n) is 5.97. The van der Waals surface area contributed by atoms with E-state index in [1.807, 2.05) is 11.4 Å². The minimum Gasteiger partial charge on any atom is -0.355 e. The molecule has 0 radical (unpaired) electrons. The van der Waals surface area contributed by atoms with E-state index in [1.54, 1.807) is 11.3 Å². The van der Waals surface area contributed by atoms with E-state index in [2.05, 4.69) is 10.6 Å². The quantitative estimate of drug-likeness (QED) is 0.878. The van der Waals surface area contributed by atoms with E-state index in [0.717, 1.165) is 24.5 Å². The van der Waals surface area contributed by atoms with Gasteiger partial charge in [-0.25, -0.2) is 0 Å². The fourth-order valence-electron chi connectivity index (χ4n) is 1.98. The normalized spacial score (nSPS) is 18.4. The van der Waals surface area contributed by atoms with Gasteiger partial charge in [-0.2, -0.15) is 0 Å². The van der Waals surface area contributed by atoms with E-state index < -0.39 is 0 Å². The zero-order valence-electron chi connectivity index (χ0n) is 10.1. The molecule has 1 amide bonds. The number of carbonyl (C=O) groups excluding carboxylic acids is 1. The Labute approximate surface area is 123 Å². The van der Waals surface area contributed by atoms with Crippen molar-refractivity contribution in [3.63, 3.8) is 0 Å². The van der Waals surface area contributed by atoms with Crippen molar-refractivity contribution in [3.8, 4) is 0 Å². The number of halogens is 2. The van der Waals surface area contributed by atoms with E-state index in [9.17, 15) is 4.79 Å². The lowest BCUT2D eigenvalue weighted by atomic mass is 10.2. The molecule has 1 unspecified atom stereocenters. The summed E-state index contributed by atoms with van der Waals surface area (Å²) in [4.78, 5) is 12.8. The van der Waals surface area contributed by atoms with Gasteiger partial charge in [0.25, 0.3) is 0 Å². The van der Waals surface area contributed by atoms with Crippen LogP contribution in [-0.4, -0.2) is 25.0 Å². The molecule has 6 heteroatoms. The summed E-state index contributed by atoms with van der Waals surface area (Å²) in [6.07, 6.45) is 3.71. The standard InChI is InChI=1S/C12H17ClN2OS.ClH/c13-9-6-11(17-8-9)3-4-12(16)15-7-10-2-1-5-14-10;/h6,8,10,14H,1-5,7H2,(H,15,16);1H. The minimum atomic E-state index is 0. The average molecular weight is 309 g/mol. The minimum absolute atomic E-state index is 0. The second-order valence-corrected chi connectivity index (χ2v) is 5.76. The SMILES string of the molecule is Cl.O=C(CCc1cc(Cl)cs1)NCC1CCCN1. The first-order chi connectivity index (χ1) is 8.24. The third kappa shape index (κ3) is 5.14. The van der Waals surface area contributed by atoms with Crippen LogP contribution in [0.5, 0.6) is 0 Å². The van der Waals surface area contributed by atoms with Gasteiger partial charge in [-0.15, -0.1) is 23.7 Å². The van der Waals surface area contributed by atoms with Crippen molar-refractivity contribution in [2.24, 2.45) is 0 Å². The first-order valence-corrected chi connectivity index (χ1v) is 7.23. The van der Waals surface area contributed by atoms with Gasteiger partial charge in [-0.05, 0) is 31.9 Å². The van der Waals surface area contributed by atoms with Crippen LogP contribution < -0.4 is 10.6 Å². The van der Waals surface area contributed by atoms with Crippen molar-refractivity contribution >= 4 is 41.3 Å². The molecule has 0 aliphatic carbocycles. The highest BCUT2D eigenvalue weighted by molar-refractivity contribution is 7.10. The van der Waals surface area contributed by atoms with Crippen LogP contribution in [0.3, 0.4) is 0 Å². The fourth-order valence-corrected chi connectivity index (χ4v) is 3.05. The number of thiophene rings is 1. The lowest BCUT2D eigenvalue weighted by Gasteiger charge is -2.11. The molecule has 1 aliphatic rings. The molecule has 1 aliphatic heterocycles. The Balaban J connectivity index is 0.00000162. The number of carbonyl (C=O) groups is 1. The summed E-state index contributed by atoms with van der Waals surface area (Å²) >= 11 is 7.44. The Morgan fingerprint density at radius 3 is 3.06 bits per heavy atom. The van der Waals surface area contributed by atoms with Crippen molar-refractivity contribution in [2.45, 2.75) is 31.7 Å². The summed E-state index contributed by atoms with van der Waals surface area (Å²) in [5, 5.41) is 9.00. The molecule has 0 bridgehead atoms. The predicted octanol–water partition coefficient (Wildman–Crippen LogP) is 2.62. The van der Waals surface area contributed by atoms with E-state index in [0.29, 0.717) is 12.5 Å². The van der Waals surface area contributed by atoms with Crippen molar-refractivity contribution in [1.29, 1.82) is 0 Å². The predicted molar refractivity (Wildman–Crippen MR) is 78.9 cm³/mol. The maximum Gasteiger partial charge on any atom is 0.220 e. The van der Waals surface area contributed by atoms with Crippen molar-refractivity contribution in [3.05, 3.63) is 21.3 Å². The van der Waals surface area contributed by atoms with Crippen molar-refractivity contribution in [1.82, 2.24) is 10.6 Å². The lowest BCUT2D eigenvalue weighted by Crippen LogP contribution is -2.37. The van der Waals surface area contributed by atoms with E-state index in [-0.39, 0.29) is 18.3 Å². The van der Waals surface area contributed by atoms with Crippen LogP contribution in [0, 0.1) is 0 Å². The van der Waals surface area contributed by atoms with Crippen LogP contribution in [0.15, 0.2) is 11.4 Å². The molecule has 0 aromatic carbocycles. The van der Waals surface area contributed by atoms with Crippen LogP contribution in [0.4, 0.5) is 0 Å². The molecule has 3 nitrogen and oxygen atoms in total. The molecule has 2 heterocycles. The summed E-state index contributed by atoms with van der Waals surface area (Å²) in [5.41, 5.74) is 0. The molecule has 1 saturated heterocycles. The van der Waals surface area contributed by atoms with Gasteiger partial charge in [0.15, 0.2) is 0 Å². The zero-order valence-corrected chi connectivity index (χ0v) is 12.5. The highest BCUT2D eigenvalue weighted by Crippen LogP contribution is 2.20. The molecule has 2 rings (SSSR count). The molecular weight excluding hydrogens is 291 g/mol. The molecule has 1 aromatic rings. The van der Waals surface area contributed by atoms with E-state index in [1.165, 1.54) is 17.7 Å². The van der Waals surface area contributed by atoms with Crippen LogP contribution in [0.1, 0.15) is 24.1 Å². The zero-order chi connectivity index (χ0) is 12.1. The summed E-state index contributed by atoms with van der Waals surface area (Å²) in [6.45, 7) is 1.83. The Hall–Kier alpha value is -0.290. The Kier molecular flexibility index (Phi) is 7.00. The van der Waals surface area contributed by atoms with Crippen molar-refractivity contribution in [2.75, 3.05) is 13.1 Å². The van der Waals surface area contributed by atoms with Crippen molar-refractivity contribution < 1.29 is 4.79 Å². The smallest absolute Gasteiger partial charge is 0.220 e. The van der Waals surface area contributed by atoms with Gasteiger partial charge in [-0.3, -0.25) is 4.79 Å². The highest BCUT2D eigenvalue weighted by Gasteiger charge is 2.14. The summed E-state index contributed by atoms with van der Waals surface area (Å²) < 4.78 is 0. The lowest BCUT2D eigenvalue weighted by molar-refractivity contribution is -0.121. The Morgan fingerprint density at radius 2 is 2.44 bits per heavy atom. The van der Waals surface area contributed by atoms with E-state index >= 15 is 0 Å². The Bertz CT molecular complexity index is 378. The number of nitrogens with one attached hydrogen (secondary N) is 2. The van der Waals surface area contributed by atoms with Gasteiger partial charge in [0.05, 0.1) is 5.02 Å². The third-order valence-electron chi connectivity index (χ3n) is 2.93. The summed E-state index contributed by atoms with van der Waals surface area (Å²) in [6, 6.07) is 2.40. The van der Waals surface area contributed by atoms with Crippen LogP contribution >= 0.6 is 35.3 Å². The molecule has 1 atom stereocenters. The number of aryl methyl sites for hydroxylation is 1. The highest BCUT2D eigenvalue weighted by atomic mass is 35.5. The van der Waals surface area contributed by atoms with Gasteiger partial charge in [-0.1, -0.05) is 11.6 Å². The number of hydrogen-bond donors (Lipinski definition) is 2. The number of hydrogen-bond acceptors (Lipinski definition) is 3. The molecule has 2 N–H and O–H groups in total. The molecule has 1 fully saturated rings. The van der Waals surface area contributed by atoms with Crippen LogP contribution in [-0.2, 0) is 11.2 Å². The van der Waals surface area contributed by atoms with Gasteiger partial charge in [0, 0.05) is 29.3 Å². The molecule has 18 heavy (non-hydrogen) atoms.